The summed E-state index contributed by atoms with van der Waals surface area (Å²) in [6, 6.07) is 15.6. The Bertz CT molecular complexity index is 721. The number of benzene rings is 2. The minimum absolute atomic E-state index is 0.0276. The smallest absolute Gasteiger partial charge is 0.310 e. The number of hydrogen-bond acceptors (Lipinski definition) is 2. The molecule has 0 radical (unpaired) electrons. The van der Waals surface area contributed by atoms with Gasteiger partial charge in [-0.15, -0.1) is 0 Å². The molecular formula is C23H28O4. The Labute approximate surface area is 160 Å². The summed E-state index contributed by atoms with van der Waals surface area (Å²) in [5, 5.41) is 18.2. The van der Waals surface area contributed by atoms with Crippen LogP contribution in [0, 0.1) is 5.41 Å². The summed E-state index contributed by atoms with van der Waals surface area (Å²) >= 11 is 0. The van der Waals surface area contributed by atoms with E-state index in [1.165, 1.54) is 11.1 Å². The van der Waals surface area contributed by atoms with Crippen molar-refractivity contribution in [2.75, 3.05) is 0 Å². The summed E-state index contributed by atoms with van der Waals surface area (Å²) < 4.78 is 0. The molecular weight excluding hydrogens is 340 g/mol. The Morgan fingerprint density at radius 2 is 1.04 bits per heavy atom. The van der Waals surface area contributed by atoms with Gasteiger partial charge in [-0.2, -0.15) is 0 Å². The maximum Gasteiger partial charge on any atom is 0.310 e. The number of carboxylic acids is 2. The maximum absolute atomic E-state index is 11.1. The lowest BCUT2D eigenvalue weighted by molar-refractivity contribution is -0.139. The lowest BCUT2D eigenvalue weighted by Gasteiger charge is -2.25. The molecule has 4 heteroatoms. The molecule has 27 heavy (non-hydrogen) atoms. The molecule has 0 bridgehead atoms. The van der Waals surface area contributed by atoms with Gasteiger partial charge in [-0.05, 0) is 54.4 Å². The summed E-state index contributed by atoms with van der Waals surface area (Å²) in [5.74, 6) is -2.63. The molecule has 2 rings (SSSR count). The Kier molecular flexibility index (Phi) is 6.42. The van der Waals surface area contributed by atoms with Gasteiger partial charge in [0.1, 0.15) is 0 Å². The van der Waals surface area contributed by atoms with Crippen molar-refractivity contribution >= 4 is 11.9 Å². The number of hydrogen-bond donors (Lipinski definition) is 2. The molecule has 0 saturated carbocycles. The second kappa shape index (κ2) is 8.38. The van der Waals surface area contributed by atoms with Gasteiger partial charge in [-0.25, -0.2) is 0 Å². The van der Waals surface area contributed by atoms with E-state index >= 15 is 0 Å². The van der Waals surface area contributed by atoms with Crippen LogP contribution in [0.25, 0.3) is 0 Å². The van der Waals surface area contributed by atoms with Crippen LogP contribution in [0.3, 0.4) is 0 Å². The molecule has 2 aromatic rings. The van der Waals surface area contributed by atoms with Crippen molar-refractivity contribution in [3.8, 4) is 0 Å². The van der Waals surface area contributed by atoms with Gasteiger partial charge in [0.05, 0.1) is 11.8 Å². The topological polar surface area (TPSA) is 74.6 Å². The maximum atomic E-state index is 11.1. The van der Waals surface area contributed by atoms with E-state index in [9.17, 15) is 9.59 Å². The van der Waals surface area contributed by atoms with Crippen LogP contribution in [0.2, 0.25) is 0 Å². The lowest BCUT2D eigenvalue weighted by atomic mass is 9.79. The highest BCUT2D eigenvalue weighted by Crippen LogP contribution is 2.28. The van der Waals surface area contributed by atoms with Gasteiger partial charge in [0, 0.05) is 0 Å². The van der Waals surface area contributed by atoms with E-state index in [-0.39, 0.29) is 5.41 Å². The zero-order valence-electron chi connectivity index (χ0n) is 16.4. The number of aliphatic carboxylic acids is 2. The molecule has 0 aliphatic carbocycles. The zero-order chi connectivity index (χ0) is 20.2. The number of carboxylic acid groups (broad SMARTS) is 2. The SMILES string of the molecule is CC(C(=O)O)c1ccc(CC(C)(C)Cc2ccc(C(C)C(=O)O)cc2)cc1. The van der Waals surface area contributed by atoms with Gasteiger partial charge < -0.3 is 10.2 Å². The quantitative estimate of drug-likeness (QED) is 0.697. The molecule has 2 atom stereocenters. The first-order valence-corrected chi connectivity index (χ1v) is 9.22. The first-order chi connectivity index (χ1) is 12.6. The van der Waals surface area contributed by atoms with E-state index < -0.39 is 23.8 Å². The average Bonchev–Trinajstić information content (AvgIpc) is 2.61. The largest absolute Gasteiger partial charge is 0.481 e. The molecule has 0 saturated heterocycles. The summed E-state index contributed by atoms with van der Waals surface area (Å²) in [4.78, 5) is 22.2. The van der Waals surface area contributed by atoms with Crippen LogP contribution in [0.4, 0.5) is 0 Å². The third kappa shape index (κ3) is 5.68. The van der Waals surface area contributed by atoms with E-state index in [4.69, 9.17) is 10.2 Å². The summed E-state index contributed by atoms with van der Waals surface area (Å²) in [5.41, 5.74) is 4.01. The summed E-state index contributed by atoms with van der Waals surface area (Å²) in [6.45, 7) is 7.79. The molecule has 144 valence electrons. The minimum atomic E-state index is -0.816. The second-order valence-corrected chi connectivity index (χ2v) is 8.12. The van der Waals surface area contributed by atoms with Crippen LogP contribution in [0.1, 0.15) is 61.8 Å². The van der Waals surface area contributed by atoms with Crippen molar-refractivity contribution in [3.05, 3.63) is 70.8 Å². The molecule has 2 unspecified atom stereocenters. The molecule has 0 spiro atoms. The fraction of sp³-hybridized carbons (Fsp3) is 0.391. The van der Waals surface area contributed by atoms with E-state index in [2.05, 4.69) is 13.8 Å². The van der Waals surface area contributed by atoms with Gasteiger partial charge in [0.2, 0.25) is 0 Å². The van der Waals surface area contributed by atoms with Crippen LogP contribution < -0.4 is 0 Å². The zero-order valence-corrected chi connectivity index (χ0v) is 16.4. The highest BCUT2D eigenvalue weighted by molar-refractivity contribution is 5.76. The molecule has 0 heterocycles. The van der Waals surface area contributed by atoms with Crippen molar-refractivity contribution in [2.45, 2.75) is 52.4 Å². The average molecular weight is 368 g/mol. The predicted octanol–water partition coefficient (Wildman–Crippen LogP) is 4.87. The van der Waals surface area contributed by atoms with Crippen LogP contribution in [-0.2, 0) is 22.4 Å². The van der Waals surface area contributed by atoms with Gasteiger partial charge in [-0.1, -0.05) is 62.4 Å². The van der Waals surface area contributed by atoms with Crippen molar-refractivity contribution in [1.29, 1.82) is 0 Å². The summed E-state index contributed by atoms with van der Waals surface area (Å²) in [7, 11) is 0. The normalized spacial score (nSPS) is 13.8. The highest BCUT2D eigenvalue weighted by Gasteiger charge is 2.21. The molecule has 0 fully saturated rings. The molecule has 0 aliphatic rings. The van der Waals surface area contributed by atoms with Crippen molar-refractivity contribution < 1.29 is 19.8 Å². The Morgan fingerprint density at radius 3 is 1.30 bits per heavy atom. The highest BCUT2D eigenvalue weighted by atomic mass is 16.4. The predicted molar refractivity (Wildman–Crippen MR) is 106 cm³/mol. The van der Waals surface area contributed by atoms with Gasteiger partial charge in [-0.3, -0.25) is 9.59 Å². The second-order valence-electron chi connectivity index (χ2n) is 8.12. The fourth-order valence-corrected chi connectivity index (χ4v) is 3.30. The molecule has 0 amide bonds. The minimum Gasteiger partial charge on any atom is -0.481 e. The van der Waals surface area contributed by atoms with Crippen molar-refractivity contribution in [3.63, 3.8) is 0 Å². The van der Waals surface area contributed by atoms with E-state index in [1.807, 2.05) is 48.5 Å². The van der Waals surface area contributed by atoms with Gasteiger partial charge in [0.25, 0.3) is 0 Å². The van der Waals surface area contributed by atoms with E-state index in [0.29, 0.717) is 0 Å². The van der Waals surface area contributed by atoms with Gasteiger partial charge in [0.15, 0.2) is 0 Å². The first kappa shape index (κ1) is 20.7. The monoisotopic (exact) mass is 368 g/mol. The fourth-order valence-electron chi connectivity index (χ4n) is 3.30. The van der Waals surface area contributed by atoms with Crippen LogP contribution in [-0.4, -0.2) is 22.2 Å². The van der Waals surface area contributed by atoms with Crippen LogP contribution in [0.5, 0.6) is 0 Å². The van der Waals surface area contributed by atoms with E-state index in [0.717, 1.165) is 24.0 Å². The Hall–Kier alpha value is -2.62. The standard InChI is InChI=1S/C23H28O4/c1-15(21(24)25)19-9-5-17(6-10-19)13-23(3,4)14-18-7-11-20(12-8-18)16(2)22(26)27/h5-12,15-16H,13-14H2,1-4H3,(H,24,25)(H,26,27). The number of carbonyl (C=O) groups is 2. The molecule has 2 N–H and O–H groups in total. The molecule has 0 aliphatic heterocycles. The number of rotatable bonds is 8. The van der Waals surface area contributed by atoms with Crippen molar-refractivity contribution in [1.82, 2.24) is 0 Å². The third-order valence-corrected chi connectivity index (χ3v) is 5.07. The van der Waals surface area contributed by atoms with Gasteiger partial charge >= 0.3 is 11.9 Å². The molecule has 0 aromatic heterocycles. The molecule has 4 nitrogen and oxygen atoms in total. The van der Waals surface area contributed by atoms with Crippen LogP contribution in [0.15, 0.2) is 48.5 Å². The van der Waals surface area contributed by atoms with Crippen molar-refractivity contribution in [2.24, 2.45) is 5.41 Å². The first-order valence-electron chi connectivity index (χ1n) is 9.22. The van der Waals surface area contributed by atoms with Crippen LogP contribution >= 0.6 is 0 Å². The molecule has 2 aromatic carbocycles. The Morgan fingerprint density at radius 1 is 0.741 bits per heavy atom. The Balaban J connectivity index is 2.04. The lowest BCUT2D eigenvalue weighted by Crippen LogP contribution is -2.18. The third-order valence-electron chi connectivity index (χ3n) is 5.07. The summed E-state index contributed by atoms with van der Waals surface area (Å²) in [6.07, 6.45) is 1.75. The van der Waals surface area contributed by atoms with E-state index in [1.54, 1.807) is 13.8 Å².